The maximum Gasteiger partial charge on any atom is 0.308 e. The molecule has 50 heavy (non-hydrogen) atoms. The summed E-state index contributed by atoms with van der Waals surface area (Å²) in [5, 5.41) is 0. The number of ether oxygens (including phenoxy) is 5. The number of carbonyl (C=O) groups excluding carboxylic acids is 5. The van der Waals surface area contributed by atoms with E-state index >= 15 is 0 Å². The zero-order valence-electron chi connectivity index (χ0n) is 31.1. The van der Waals surface area contributed by atoms with Gasteiger partial charge in [-0.15, -0.1) is 0 Å². The Labute approximate surface area is 295 Å². The zero-order chi connectivity index (χ0) is 37.3. The highest BCUT2D eigenvalue weighted by molar-refractivity contribution is 5.71. The van der Waals surface area contributed by atoms with Crippen molar-refractivity contribution in [3.8, 4) is 0 Å². The van der Waals surface area contributed by atoms with Gasteiger partial charge >= 0.3 is 29.8 Å². The standard InChI is InChI=1S/C39H53NO10/c1-21-30(50-32(45)20-29(40(10)11)27-15-13-12-14-16-27)17-18-39(9)34(21)35(47-24(4)42)28-19-31(46-23(3)41)22(2)33(38(28,7)8)36(48-25(5)43)37(39)49-26(6)44/h12-16,28-31,34-37H,1,17-20H2,2-11H3/t28?,29?,30-,31-,34-,35+,36+,37-,39+/m0/s1. The van der Waals surface area contributed by atoms with Crippen molar-refractivity contribution >= 4 is 29.8 Å². The van der Waals surface area contributed by atoms with Gasteiger partial charge in [0.2, 0.25) is 0 Å². The minimum absolute atomic E-state index is 0.0911. The van der Waals surface area contributed by atoms with Crippen LogP contribution in [-0.4, -0.2) is 79.4 Å². The summed E-state index contributed by atoms with van der Waals surface area (Å²) in [7, 11) is 3.81. The lowest BCUT2D eigenvalue weighted by Crippen LogP contribution is -2.64. The molecule has 274 valence electrons. The minimum Gasteiger partial charge on any atom is -0.462 e. The summed E-state index contributed by atoms with van der Waals surface area (Å²) in [6.07, 6.45) is -3.36. The Morgan fingerprint density at radius 3 is 1.96 bits per heavy atom. The summed E-state index contributed by atoms with van der Waals surface area (Å²) < 4.78 is 30.6. The van der Waals surface area contributed by atoms with Crippen LogP contribution in [0.15, 0.2) is 53.6 Å². The van der Waals surface area contributed by atoms with E-state index in [0.717, 1.165) is 5.56 Å². The second-order valence-corrected chi connectivity index (χ2v) is 15.1. The molecular formula is C39H53NO10. The number of nitrogens with zero attached hydrogens (tertiary/aromatic N) is 1. The molecule has 0 heterocycles. The van der Waals surface area contributed by atoms with Crippen molar-refractivity contribution < 1.29 is 47.7 Å². The summed E-state index contributed by atoms with van der Waals surface area (Å²) in [4.78, 5) is 66.6. The van der Waals surface area contributed by atoms with Gasteiger partial charge in [0, 0.05) is 51.0 Å². The van der Waals surface area contributed by atoms with Gasteiger partial charge in [0.05, 0.1) is 6.42 Å². The van der Waals surface area contributed by atoms with E-state index in [4.69, 9.17) is 23.7 Å². The molecule has 4 rings (SSSR count). The molecule has 0 radical (unpaired) electrons. The molecule has 11 nitrogen and oxygen atoms in total. The lowest BCUT2D eigenvalue weighted by atomic mass is 9.49. The molecule has 11 heteroatoms. The van der Waals surface area contributed by atoms with Crippen LogP contribution in [-0.2, 0) is 47.7 Å². The highest BCUT2D eigenvalue weighted by Crippen LogP contribution is 2.61. The van der Waals surface area contributed by atoms with E-state index < -0.39 is 83.0 Å². The molecule has 1 aromatic carbocycles. The third-order valence-electron chi connectivity index (χ3n) is 11.0. The average Bonchev–Trinajstić information content (AvgIpc) is 2.99. The summed E-state index contributed by atoms with van der Waals surface area (Å²) in [6.45, 7) is 17.4. The van der Waals surface area contributed by atoms with Gasteiger partial charge in [0.25, 0.3) is 0 Å². The monoisotopic (exact) mass is 695 g/mol. The molecule has 2 bridgehead atoms. The second-order valence-electron chi connectivity index (χ2n) is 15.1. The molecular weight excluding hydrogens is 642 g/mol. The quantitative estimate of drug-likeness (QED) is 0.180. The van der Waals surface area contributed by atoms with Crippen molar-refractivity contribution in [2.45, 2.75) is 118 Å². The highest BCUT2D eigenvalue weighted by atomic mass is 16.6. The van der Waals surface area contributed by atoms with E-state index in [9.17, 15) is 24.0 Å². The molecule has 0 aromatic heterocycles. The van der Waals surface area contributed by atoms with Crippen LogP contribution in [0.4, 0.5) is 0 Å². The molecule has 2 saturated carbocycles. The lowest BCUT2D eigenvalue weighted by molar-refractivity contribution is -0.205. The second kappa shape index (κ2) is 15.1. The Morgan fingerprint density at radius 2 is 1.42 bits per heavy atom. The van der Waals surface area contributed by atoms with E-state index in [1.165, 1.54) is 27.7 Å². The Bertz CT molecular complexity index is 1530. The Hall–Kier alpha value is -3.99. The van der Waals surface area contributed by atoms with Gasteiger partial charge in [-0.2, -0.15) is 0 Å². The third kappa shape index (κ3) is 7.82. The van der Waals surface area contributed by atoms with E-state index in [2.05, 4.69) is 6.58 Å². The first-order chi connectivity index (χ1) is 23.3. The van der Waals surface area contributed by atoms with Gasteiger partial charge in [-0.05, 0) is 68.0 Å². The topological polar surface area (TPSA) is 135 Å². The van der Waals surface area contributed by atoms with E-state index in [1.54, 1.807) is 0 Å². The van der Waals surface area contributed by atoms with E-state index in [-0.39, 0.29) is 12.5 Å². The third-order valence-corrected chi connectivity index (χ3v) is 11.0. The van der Waals surface area contributed by atoms with Crippen molar-refractivity contribution in [1.82, 2.24) is 4.90 Å². The van der Waals surface area contributed by atoms with Crippen LogP contribution in [0.25, 0.3) is 0 Å². The Kier molecular flexibility index (Phi) is 11.7. The number of rotatable bonds is 9. The molecule has 3 aliphatic carbocycles. The van der Waals surface area contributed by atoms with Gasteiger partial charge in [-0.3, -0.25) is 24.0 Å². The van der Waals surface area contributed by atoms with Crippen LogP contribution in [0.3, 0.4) is 0 Å². The lowest BCUT2D eigenvalue weighted by Gasteiger charge is -2.60. The zero-order valence-corrected chi connectivity index (χ0v) is 31.1. The minimum atomic E-state index is -1.06. The SMILES string of the molecule is C=C1[C@@H](OC(=O)CC(c2ccccc2)N(C)C)CC[C@@]2(C)[C@@H](OC(C)=O)[C@H](OC(C)=O)C3=C(C)[C@@H](OC(C)=O)CC([C@@H](OC(C)=O)[C@H]12)C3(C)C. The fourth-order valence-corrected chi connectivity index (χ4v) is 8.89. The number of hydrogen-bond donors (Lipinski definition) is 0. The van der Waals surface area contributed by atoms with Crippen molar-refractivity contribution in [2.24, 2.45) is 22.7 Å². The van der Waals surface area contributed by atoms with Crippen LogP contribution >= 0.6 is 0 Å². The number of hydrogen-bond acceptors (Lipinski definition) is 11. The molecule has 9 atom stereocenters. The van der Waals surface area contributed by atoms with Crippen molar-refractivity contribution in [1.29, 1.82) is 0 Å². The molecule has 2 fully saturated rings. The highest BCUT2D eigenvalue weighted by Gasteiger charge is 2.64. The fourth-order valence-electron chi connectivity index (χ4n) is 8.89. The summed E-state index contributed by atoms with van der Waals surface area (Å²) in [5.41, 5.74) is 0.987. The van der Waals surface area contributed by atoms with Crippen LogP contribution < -0.4 is 0 Å². The number of esters is 5. The van der Waals surface area contributed by atoms with Crippen LogP contribution in [0.1, 0.15) is 92.7 Å². The smallest absolute Gasteiger partial charge is 0.308 e. The predicted molar refractivity (Wildman–Crippen MR) is 184 cm³/mol. The van der Waals surface area contributed by atoms with E-state index in [1.807, 2.05) is 77.0 Å². The molecule has 0 aliphatic heterocycles. The molecule has 1 aromatic rings. The molecule has 0 amide bonds. The summed E-state index contributed by atoms with van der Waals surface area (Å²) in [6, 6.07) is 9.48. The molecule has 0 saturated heterocycles. The number of benzene rings is 1. The van der Waals surface area contributed by atoms with Crippen molar-refractivity contribution in [3.63, 3.8) is 0 Å². The number of fused-ring (bicyclic) bond motifs is 3. The fraction of sp³-hybridized carbons (Fsp3) is 0.615. The van der Waals surface area contributed by atoms with Crippen LogP contribution in [0.2, 0.25) is 0 Å². The maximum atomic E-state index is 13.7. The van der Waals surface area contributed by atoms with Gasteiger partial charge in [-0.25, -0.2) is 0 Å². The first-order valence-corrected chi connectivity index (χ1v) is 17.3. The van der Waals surface area contributed by atoms with Gasteiger partial charge in [-0.1, -0.05) is 57.7 Å². The predicted octanol–water partition coefficient (Wildman–Crippen LogP) is 5.67. The first-order valence-electron chi connectivity index (χ1n) is 17.3. The van der Waals surface area contributed by atoms with Gasteiger partial charge < -0.3 is 28.6 Å². The summed E-state index contributed by atoms with van der Waals surface area (Å²) >= 11 is 0. The molecule has 0 spiro atoms. The maximum absolute atomic E-state index is 13.7. The molecule has 3 aliphatic rings. The van der Waals surface area contributed by atoms with Crippen LogP contribution in [0, 0.1) is 22.7 Å². The van der Waals surface area contributed by atoms with Gasteiger partial charge in [0.15, 0.2) is 6.10 Å². The molecule has 0 N–H and O–H groups in total. The summed E-state index contributed by atoms with van der Waals surface area (Å²) in [5.74, 6) is -3.82. The van der Waals surface area contributed by atoms with Gasteiger partial charge in [0.1, 0.15) is 24.4 Å². The first kappa shape index (κ1) is 38.8. The molecule has 2 unspecified atom stereocenters. The van der Waals surface area contributed by atoms with Crippen LogP contribution in [0.5, 0.6) is 0 Å². The van der Waals surface area contributed by atoms with E-state index in [0.29, 0.717) is 36.0 Å². The number of carbonyl (C=O) groups is 5. The largest absolute Gasteiger partial charge is 0.462 e. The van der Waals surface area contributed by atoms with Crippen molar-refractivity contribution in [3.05, 3.63) is 59.2 Å². The normalized spacial score (nSPS) is 30.9. The average molecular weight is 696 g/mol. The van der Waals surface area contributed by atoms with Crippen molar-refractivity contribution in [2.75, 3.05) is 14.1 Å². The Balaban J connectivity index is 1.87. The Morgan fingerprint density at radius 1 is 0.840 bits per heavy atom.